The molecule has 0 atom stereocenters. The topological polar surface area (TPSA) is 30.0 Å². The van der Waals surface area contributed by atoms with E-state index < -0.39 is 0 Å². The van der Waals surface area contributed by atoms with Gasteiger partial charge in [-0.3, -0.25) is 9.78 Å². The fraction of sp³-hybridized carbons (Fsp3) is 0. The molecule has 1 aromatic carbocycles. The van der Waals surface area contributed by atoms with E-state index in [4.69, 9.17) is 0 Å². The second-order valence-corrected chi connectivity index (χ2v) is 2.48. The van der Waals surface area contributed by atoms with Crippen LogP contribution in [-0.4, -0.2) is 11.3 Å². The summed E-state index contributed by atoms with van der Waals surface area (Å²) in [6, 6.07) is 9.17. The number of aromatic nitrogens is 1. The Labute approximate surface area is 69.9 Å². The van der Waals surface area contributed by atoms with Gasteiger partial charge in [-0.2, -0.15) is 0 Å². The number of nitrogens with zero attached hydrogens (tertiary/aromatic N) is 1. The van der Waals surface area contributed by atoms with E-state index in [1.165, 1.54) is 0 Å². The van der Waals surface area contributed by atoms with E-state index in [0.717, 1.165) is 10.9 Å². The lowest BCUT2D eigenvalue weighted by molar-refractivity contribution is 0.563. The Bertz CT molecular complexity index is 418. The van der Waals surface area contributed by atoms with Crippen molar-refractivity contribution in [2.75, 3.05) is 0 Å². The maximum Gasteiger partial charge on any atom is 0.234 e. The van der Waals surface area contributed by atoms with Crippen LogP contribution in [0.3, 0.4) is 0 Å². The molecule has 0 aliphatic heterocycles. The molecule has 2 rings (SSSR count). The predicted octanol–water partition coefficient (Wildman–Crippen LogP) is 1.69. The molecule has 2 nitrogen and oxygen atoms in total. The first-order chi connectivity index (χ1) is 5.92. The minimum Gasteiger partial charge on any atom is -0.285 e. The molecule has 0 bridgehead atoms. The van der Waals surface area contributed by atoms with Crippen molar-refractivity contribution in [2.45, 2.75) is 0 Å². The highest BCUT2D eigenvalue weighted by atomic mass is 16.1. The summed E-state index contributed by atoms with van der Waals surface area (Å²) in [5, 5.41) is 0.856. The van der Waals surface area contributed by atoms with Gasteiger partial charge in [-0.05, 0) is 12.1 Å². The van der Waals surface area contributed by atoms with Gasteiger partial charge in [0, 0.05) is 17.1 Å². The maximum absolute atomic E-state index is 10.5. The fourth-order valence-corrected chi connectivity index (χ4v) is 1.18. The van der Waals surface area contributed by atoms with E-state index >= 15 is 0 Å². The Morgan fingerprint density at radius 3 is 2.83 bits per heavy atom. The normalized spacial score (nSPS) is 10.0. The zero-order chi connectivity index (χ0) is 8.39. The van der Waals surface area contributed by atoms with E-state index in [0.29, 0.717) is 5.56 Å². The number of benzene rings is 1. The summed E-state index contributed by atoms with van der Waals surface area (Å²) in [6.07, 6.45) is 3.49. The molecule has 1 radical (unpaired) electrons. The number of rotatable bonds is 1. The number of hydrogen-bond acceptors (Lipinski definition) is 2. The fourth-order valence-electron chi connectivity index (χ4n) is 1.18. The predicted molar refractivity (Wildman–Crippen MR) is 46.5 cm³/mol. The van der Waals surface area contributed by atoms with Gasteiger partial charge < -0.3 is 0 Å². The molecular weight excluding hydrogens is 150 g/mol. The molecule has 2 aromatic rings. The number of para-hydroxylation sites is 1. The van der Waals surface area contributed by atoms with Crippen molar-refractivity contribution >= 4 is 17.2 Å². The molecule has 0 spiro atoms. The van der Waals surface area contributed by atoms with Gasteiger partial charge in [0.05, 0.1) is 5.52 Å². The SMILES string of the molecule is O=[C]c1ccnc2ccccc12. The maximum atomic E-state index is 10.5. The van der Waals surface area contributed by atoms with Crippen LogP contribution < -0.4 is 0 Å². The van der Waals surface area contributed by atoms with E-state index in [-0.39, 0.29) is 0 Å². The van der Waals surface area contributed by atoms with Crippen molar-refractivity contribution in [3.63, 3.8) is 0 Å². The van der Waals surface area contributed by atoms with Gasteiger partial charge in [0.2, 0.25) is 6.29 Å². The molecule has 57 valence electrons. The summed E-state index contributed by atoms with van der Waals surface area (Å²) in [5.41, 5.74) is 1.40. The lowest BCUT2D eigenvalue weighted by Gasteiger charge is -1.96. The zero-order valence-corrected chi connectivity index (χ0v) is 6.32. The summed E-state index contributed by atoms with van der Waals surface area (Å²) in [7, 11) is 0. The number of fused-ring (bicyclic) bond motifs is 1. The Balaban J connectivity index is 2.88. The highest BCUT2D eigenvalue weighted by molar-refractivity contribution is 5.96. The lowest BCUT2D eigenvalue weighted by atomic mass is 10.1. The molecule has 0 aliphatic carbocycles. The highest BCUT2D eigenvalue weighted by Gasteiger charge is 1.98. The first-order valence-corrected chi connectivity index (χ1v) is 3.64. The third-order valence-corrected chi connectivity index (χ3v) is 1.76. The standard InChI is InChI=1S/C10H6NO/c12-7-8-5-6-11-10-4-2-1-3-9(8)10/h1-6H. The van der Waals surface area contributed by atoms with Gasteiger partial charge in [-0.25, -0.2) is 0 Å². The Hall–Kier alpha value is -1.70. The average molecular weight is 156 g/mol. The van der Waals surface area contributed by atoms with Crippen LogP contribution in [0.5, 0.6) is 0 Å². The van der Waals surface area contributed by atoms with Crippen LogP contribution in [0.4, 0.5) is 0 Å². The molecule has 0 saturated carbocycles. The van der Waals surface area contributed by atoms with Gasteiger partial charge in [0.1, 0.15) is 0 Å². The third-order valence-electron chi connectivity index (χ3n) is 1.76. The average Bonchev–Trinajstić information content (AvgIpc) is 2.17. The Morgan fingerprint density at radius 1 is 1.17 bits per heavy atom. The van der Waals surface area contributed by atoms with E-state index in [1.807, 2.05) is 30.6 Å². The molecule has 2 heteroatoms. The summed E-state index contributed by atoms with van der Waals surface area (Å²) >= 11 is 0. The van der Waals surface area contributed by atoms with Crippen molar-refractivity contribution in [3.05, 3.63) is 42.1 Å². The Kier molecular flexibility index (Phi) is 1.59. The molecule has 12 heavy (non-hydrogen) atoms. The molecule has 0 amide bonds. The molecule has 1 aromatic heterocycles. The minimum atomic E-state index is 0.570. The van der Waals surface area contributed by atoms with E-state index in [1.54, 1.807) is 12.3 Å². The summed E-state index contributed by atoms with van der Waals surface area (Å²) in [5.74, 6) is 0. The van der Waals surface area contributed by atoms with Crippen molar-refractivity contribution in [1.29, 1.82) is 0 Å². The van der Waals surface area contributed by atoms with Crippen LogP contribution in [0.15, 0.2) is 36.5 Å². The van der Waals surface area contributed by atoms with Crippen LogP contribution >= 0.6 is 0 Å². The lowest BCUT2D eigenvalue weighted by Crippen LogP contribution is -1.85. The molecule has 1 heterocycles. The smallest absolute Gasteiger partial charge is 0.234 e. The van der Waals surface area contributed by atoms with Gasteiger partial charge >= 0.3 is 0 Å². The van der Waals surface area contributed by atoms with Crippen LogP contribution in [0.1, 0.15) is 5.56 Å². The number of pyridine rings is 1. The monoisotopic (exact) mass is 156 g/mol. The van der Waals surface area contributed by atoms with Gasteiger partial charge in [-0.1, -0.05) is 18.2 Å². The molecule has 0 saturated heterocycles. The first-order valence-electron chi connectivity index (χ1n) is 3.64. The van der Waals surface area contributed by atoms with Crippen molar-refractivity contribution in [3.8, 4) is 0 Å². The summed E-state index contributed by atoms with van der Waals surface area (Å²) in [4.78, 5) is 14.6. The van der Waals surface area contributed by atoms with Crippen molar-refractivity contribution in [2.24, 2.45) is 0 Å². The highest BCUT2D eigenvalue weighted by Crippen LogP contribution is 2.13. The second-order valence-electron chi connectivity index (χ2n) is 2.48. The molecule has 0 unspecified atom stereocenters. The largest absolute Gasteiger partial charge is 0.285 e. The number of hydrogen-bond donors (Lipinski definition) is 0. The molecule has 0 N–H and O–H groups in total. The van der Waals surface area contributed by atoms with Crippen LogP contribution in [0.2, 0.25) is 0 Å². The van der Waals surface area contributed by atoms with Gasteiger partial charge in [0.25, 0.3) is 0 Å². The van der Waals surface area contributed by atoms with Crippen LogP contribution in [-0.2, 0) is 4.79 Å². The van der Waals surface area contributed by atoms with Gasteiger partial charge in [-0.15, -0.1) is 0 Å². The molecule has 0 aliphatic rings. The minimum absolute atomic E-state index is 0.570. The summed E-state index contributed by atoms with van der Waals surface area (Å²) in [6.45, 7) is 0. The van der Waals surface area contributed by atoms with Crippen LogP contribution in [0, 0.1) is 0 Å². The van der Waals surface area contributed by atoms with Crippen molar-refractivity contribution < 1.29 is 4.79 Å². The first kappa shape index (κ1) is 6.98. The molecule has 0 fully saturated rings. The zero-order valence-electron chi connectivity index (χ0n) is 6.32. The number of carbonyl (C=O) groups excluding carboxylic acids is 1. The molecular formula is C10H6NO. The third kappa shape index (κ3) is 0.975. The van der Waals surface area contributed by atoms with Gasteiger partial charge in [0.15, 0.2) is 0 Å². The quantitative estimate of drug-likeness (QED) is 0.628. The summed E-state index contributed by atoms with van der Waals surface area (Å²) < 4.78 is 0. The second kappa shape index (κ2) is 2.74. The van der Waals surface area contributed by atoms with E-state index in [2.05, 4.69) is 4.98 Å². The Morgan fingerprint density at radius 2 is 2.00 bits per heavy atom. The van der Waals surface area contributed by atoms with Crippen molar-refractivity contribution in [1.82, 2.24) is 4.98 Å². The van der Waals surface area contributed by atoms with E-state index in [9.17, 15) is 4.79 Å². The van der Waals surface area contributed by atoms with Crippen LogP contribution in [0.25, 0.3) is 10.9 Å².